The Morgan fingerprint density at radius 1 is 1.28 bits per heavy atom. The van der Waals surface area contributed by atoms with Gasteiger partial charge in [-0.1, -0.05) is 19.1 Å². The number of primary amides is 1. The van der Waals surface area contributed by atoms with Crippen LogP contribution in [0, 0.1) is 12.8 Å². The third kappa shape index (κ3) is 3.45. The average Bonchev–Trinajstić information content (AvgIpc) is 3.02. The van der Waals surface area contributed by atoms with Crippen molar-refractivity contribution in [1.29, 1.82) is 0 Å². The van der Waals surface area contributed by atoms with E-state index in [2.05, 4.69) is 6.92 Å². The molecule has 1 atom stereocenters. The Labute approximate surface area is 180 Å². The number of thiophene rings is 1. The van der Waals surface area contributed by atoms with Crippen LogP contribution in [0.25, 0.3) is 21.3 Å². The Morgan fingerprint density at radius 3 is 2.69 bits per heavy atom. The number of pyridine rings is 1. The normalized spacial score (nSPS) is 15.5. The van der Waals surface area contributed by atoms with Crippen LogP contribution in [-0.2, 0) is 12.8 Å². The highest BCUT2D eigenvalue weighted by atomic mass is 35.5. The number of benzene rings is 1. The number of aromatic nitrogens is 1. The predicted octanol–water partition coefficient (Wildman–Crippen LogP) is 4.93. The molecule has 4 rings (SSSR count). The first kappa shape index (κ1) is 21.4. The molecule has 0 saturated carbocycles. The van der Waals surface area contributed by atoms with Crippen molar-refractivity contribution in [3.05, 3.63) is 39.9 Å². The second-order valence-electron chi connectivity index (χ2n) is 7.38. The molecule has 1 aliphatic carbocycles. The van der Waals surface area contributed by atoms with E-state index >= 15 is 0 Å². The van der Waals surface area contributed by atoms with Crippen LogP contribution in [0.15, 0.2) is 18.2 Å². The van der Waals surface area contributed by atoms with Crippen LogP contribution < -0.4 is 15.2 Å². The monoisotopic (exact) mass is 432 g/mol. The topological polar surface area (TPSA) is 74.4 Å². The van der Waals surface area contributed by atoms with Gasteiger partial charge in [0.1, 0.15) is 4.83 Å². The second-order valence-corrected chi connectivity index (χ2v) is 8.47. The SMILES string of the molecule is COc1cccc(-c2c(C(N)=O)c(C)nc3sc4c(c23)CCC(C)C4)c1OC.Cl. The van der Waals surface area contributed by atoms with Crippen LogP contribution in [0.1, 0.15) is 39.8 Å². The van der Waals surface area contributed by atoms with Crippen LogP contribution in [0.4, 0.5) is 0 Å². The number of hydrogen-bond donors (Lipinski definition) is 1. The quantitative estimate of drug-likeness (QED) is 0.633. The summed E-state index contributed by atoms with van der Waals surface area (Å²) in [6.07, 6.45) is 3.17. The van der Waals surface area contributed by atoms with E-state index in [1.165, 1.54) is 10.4 Å². The van der Waals surface area contributed by atoms with E-state index in [0.29, 0.717) is 28.7 Å². The Bertz CT molecular complexity index is 1090. The molecular weight excluding hydrogens is 408 g/mol. The lowest BCUT2D eigenvalue weighted by Crippen LogP contribution is -2.16. The van der Waals surface area contributed by atoms with Gasteiger partial charge < -0.3 is 15.2 Å². The molecule has 2 heterocycles. The van der Waals surface area contributed by atoms with Crippen molar-refractivity contribution < 1.29 is 14.3 Å². The number of hydrogen-bond acceptors (Lipinski definition) is 5. The summed E-state index contributed by atoms with van der Waals surface area (Å²) in [5.74, 6) is 1.40. The molecule has 2 aromatic heterocycles. The van der Waals surface area contributed by atoms with Crippen molar-refractivity contribution in [2.24, 2.45) is 11.7 Å². The fourth-order valence-electron chi connectivity index (χ4n) is 4.24. The van der Waals surface area contributed by atoms with Gasteiger partial charge in [0.05, 0.1) is 25.5 Å². The van der Waals surface area contributed by atoms with Crippen molar-refractivity contribution in [1.82, 2.24) is 4.98 Å². The maximum atomic E-state index is 12.5. The third-order valence-corrected chi connectivity index (χ3v) is 6.69. The number of carbonyl (C=O) groups excluding carboxylic acids is 1. The molecule has 0 radical (unpaired) electrons. The molecule has 0 bridgehead atoms. The highest BCUT2D eigenvalue weighted by molar-refractivity contribution is 7.19. The number of nitrogens with two attached hydrogens (primary N) is 1. The van der Waals surface area contributed by atoms with E-state index in [-0.39, 0.29) is 12.4 Å². The van der Waals surface area contributed by atoms with Gasteiger partial charge in [-0.25, -0.2) is 4.98 Å². The molecule has 29 heavy (non-hydrogen) atoms. The van der Waals surface area contributed by atoms with Gasteiger partial charge in [0, 0.05) is 21.4 Å². The smallest absolute Gasteiger partial charge is 0.251 e. The van der Waals surface area contributed by atoms with Gasteiger partial charge in [-0.05, 0) is 43.7 Å². The molecule has 3 aromatic rings. The number of methoxy groups -OCH3 is 2. The zero-order chi connectivity index (χ0) is 20.0. The lowest BCUT2D eigenvalue weighted by atomic mass is 9.86. The number of fused-ring (bicyclic) bond motifs is 3. The molecule has 7 heteroatoms. The molecule has 0 spiro atoms. The van der Waals surface area contributed by atoms with Gasteiger partial charge >= 0.3 is 0 Å². The van der Waals surface area contributed by atoms with Crippen molar-refractivity contribution in [3.63, 3.8) is 0 Å². The summed E-state index contributed by atoms with van der Waals surface area (Å²) in [5, 5.41) is 1.04. The summed E-state index contributed by atoms with van der Waals surface area (Å²) in [5.41, 5.74) is 9.85. The summed E-state index contributed by atoms with van der Waals surface area (Å²) in [4.78, 5) is 19.6. The van der Waals surface area contributed by atoms with Crippen molar-refractivity contribution in [3.8, 4) is 22.6 Å². The van der Waals surface area contributed by atoms with Crippen LogP contribution in [0.3, 0.4) is 0 Å². The summed E-state index contributed by atoms with van der Waals surface area (Å²) < 4.78 is 11.2. The molecule has 0 fully saturated rings. The summed E-state index contributed by atoms with van der Waals surface area (Å²) in [6.45, 7) is 4.13. The number of ether oxygens (including phenoxy) is 2. The van der Waals surface area contributed by atoms with E-state index in [1.807, 2.05) is 25.1 Å². The largest absolute Gasteiger partial charge is 0.493 e. The fourth-order valence-corrected chi connectivity index (χ4v) is 5.68. The number of carbonyl (C=O) groups is 1. The van der Waals surface area contributed by atoms with E-state index in [4.69, 9.17) is 20.2 Å². The van der Waals surface area contributed by atoms with E-state index < -0.39 is 5.91 Å². The van der Waals surface area contributed by atoms with Crippen LogP contribution in [0.2, 0.25) is 0 Å². The molecule has 5 nitrogen and oxygen atoms in total. The minimum Gasteiger partial charge on any atom is -0.493 e. The lowest BCUT2D eigenvalue weighted by Gasteiger charge is -2.20. The van der Waals surface area contributed by atoms with Gasteiger partial charge in [0.25, 0.3) is 5.91 Å². The molecular formula is C22H25ClN2O3S. The van der Waals surface area contributed by atoms with Gasteiger partial charge in [-0.2, -0.15) is 0 Å². The van der Waals surface area contributed by atoms with Crippen LogP contribution >= 0.6 is 23.7 Å². The molecule has 1 aliphatic rings. The summed E-state index contributed by atoms with van der Waals surface area (Å²) in [7, 11) is 3.22. The minimum absolute atomic E-state index is 0. The van der Waals surface area contributed by atoms with E-state index in [9.17, 15) is 4.79 Å². The highest BCUT2D eigenvalue weighted by Gasteiger charge is 2.28. The minimum atomic E-state index is -0.476. The number of aryl methyl sites for hydroxylation is 2. The van der Waals surface area contributed by atoms with E-state index in [1.54, 1.807) is 25.6 Å². The third-order valence-electron chi connectivity index (χ3n) is 5.54. The van der Waals surface area contributed by atoms with E-state index in [0.717, 1.165) is 40.6 Å². The number of halogens is 1. The molecule has 1 unspecified atom stereocenters. The zero-order valence-corrected chi connectivity index (χ0v) is 18.6. The molecule has 1 amide bonds. The predicted molar refractivity (Wildman–Crippen MR) is 120 cm³/mol. The number of nitrogens with zero attached hydrogens (tertiary/aromatic N) is 1. The van der Waals surface area contributed by atoms with Gasteiger partial charge in [-0.15, -0.1) is 23.7 Å². The van der Waals surface area contributed by atoms with Gasteiger partial charge in [0.15, 0.2) is 11.5 Å². The van der Waals surface area contributed by atoms with Crippen molar-refractivity contribution >= 4 is 39.9 Å². The van der Waals surface area contributed by atoms with Crippen molar-refractivity contribution in [2.45, 2.75) is 33.1 Å². The average molecular weight is 433 g/mol. The van der Waals surface area contributed by atoms with Crippen molar-refractivity contribution in [2.75, 3.05) is 14.2 Å². The van der Waals surface area contributed by atoms with Crippen LogP contribution in [-0.4, -0.2) is 25.1 Å². The summed E-state index contributed by atoms with van der Waals surface area (Å²) in [6, 6.07) is 5.71. The zero-order valence-electron chi connectivity index (χ0n) is 17.0. The molecule has 2 N–H and O–H groups in total. The molecule has 0 saturated heterocycles. The summed E-state index contributed by atoms with van der Waals surface area (Å²) >= 11 is 1.74. The first-order valence-corrected chi connectivity index (χ1v) is 10.2. The second kappa shape index (κ2) is 8.20. The molecule has 1 aromatic carbocycles. The maximum Gasteiger partial charge on any atom is 0.251 e. The van der Waals surface area contributed by atoms with Gasteiger partial charge in [0.2, 0.25) is 0 Å². The Balaban J connectivity index is 0.00000240. The number of amides is 1. The first-order valence-electron chi connectivity index (χ1n) is 9.42. The Kier molecular flexibility index (Phi) is 6.05. The number of rotatable bonds is 4. The lowest BCUT2D eigenvalue weighted by molar-refractivity contribution is 0.1000. The number of para-hydroxylation sites is 1. The molecule has 0 aliphatic heterocycles. The standard InChI is InChI=1S/C22H24N2O3S.ClH/c1-11-8-9-13-16(10-11)28-22-19(13)18(17(21(23)25)12(2)24-22)14-6-5-7-15(26-3)20(14)27-4;/h5-7,11H,8-10H2,1-4H3,(H2,23,25);1H. The maximum absolute atomic E-state index is 12.5. The van der Waals surface area contributed by atoms with Gasteiger partial charge in [-0.3, -0.25) is 4.79 Å². The molecule has 154 valence electrons. The Hall–Kier alpha value is -2.31. The Morgan fingerprint density at radius 2 is 2.03 bits per heavy atom. The first-order chi connectivity index (χ1) is 13.5. The fraction of sp³-hybridized carbons (Fsp3) is 0.364. The highest BCUT2D eigenvalue weighted by Crippen LogP contribution is 2.47. The van der Waals surface area contributed by atoms with Crippen LogP contribution in [0.5, 0.6) is 11.5 Å².